The van der Waals surface area contributed by atoms with Crippen molar-refractivity contribution in [3.05, 3.63) is 0 Å². The fraction of sp³-hybridized carbons (Fsp3) is 0.823. The van der Waals surface area contributed by atoms with Crippen molar-refractivity contribution in [1.29, 1.82) is 0 Å². The number of carbonyl (C=O) groups excluding carboxylic acids is 11. The van der Waals surface area contributed by atoms with Crippen molar-refractivity contribution in [1.82, 2.24) is 0 Å². The van der Waals surface area contributed by atoms with Crippen LogP contribution in [0.1, 0.15) is 152 Å². The second-order valence-electron chi connectivity index (χ2n) is 25.7. The first-order chi connectivity index (χ1) is 41.2. The van der Waals surface area contributed by atoms with Crippen molar-refractivity contribution in [2.24, 2.45) is 65.1 Å². The van der Waals surface area contributed by atoms with Crippen LogP contribution in [0.2, 0.25) is 0 Å². The summed E-state index contributed by atoms with van der Waals surface area (Å²) in [5.74, 6) is -21.5. The molecule has 508 valence electrons. The van der Waals surface area contributed by atoms with Gasteiger partial charge < -0.3 is 75.8 Å². The zero-order chi connectivity index (χ0) is 67.8. The lowest BCUT2D eigenvalue weighted by molar-refractivity contribution is -0.389. The second kappa shape index (κ2) is 34.4. The van der Waals surface area contributed by atoms with E-state index in [0.717, 1.165) is 0 Å². The van der Waals surface area contributed by atoms with Crippen molar-refractivity contribution in [3.63, 3.8) is 0 Å². The zero-order valence-electron chi connectivity index (χ0n) is 55.7. The molecule has 3 saturated heterocycles. The van der Waals surface area contributed by atoms with Gasteiger partial charge >= 0.3 is 65.7 Å². The van der Waals surface area contributed by atoms with Crippen LogP contribution < -0.4 is 0 Å². The van der Waals surface area contributed by atoms with Gasteiger partial charge in [-0.05, 0) is 0 Å². The van der Waals surface area contributed by atoms with Crippen LogP contribution in [0.5, 0.6) is 0 Å². The predicted molar refractivity (Wildman–Crippen MR) is 307 cm³/mol. The van der Waals surface area contributed by atoms with E-state index < -0.39 is 243 Å². The summed E-state index contributed by atoms with van der Waals surface area (Å²) in [7, 11) is 0. The standard InChI is InChI=1S/C62H98O27/c1-27(2)49(63)74-23-38-41(80-52(66)30(7)8)44(83-55(69)33(13)14)46(85-57(71)35(17)18)60(78-38)76-24-39-42(81-53(67)31(9)10)45(84-56(70)34(15)16)47(86-58(72)36(19)20)61(79-39)89-62(26-77-51(65)29(5)6)48(87-59(73)37(21)22)43(82-54(68)32(11)12)40(88-62)25-75-50(64)28(3)4/h27-48,60-61H,23-26H2,1-22H3/t38?,39?,40-,41+,42-,43-,44?,45?,46+,47?,48-,60+,61+,62+/m1/s1. The predicted octanol–water partition coefficient (Wildman–Crippen LogP) is 5.70. The van der Waals surface area contributed by atoms with Gasteiger partial charge in [0.1, 0.15) is 38.1 Å². The molecule has 0 bridgehead atoms. The highest BCUT2D eigenvalue weighted by atomic mass is 16.8. The van der Waals surface area contributed by atoms with Gasteiger partial charge in [0.2, 0.25) is 12.1 Å². The average Bonchev–Trinajstić information content (AvgIpc) is 1.72. The Kier molecular flexibility index (Phi) is 29.9. The van der Waals surface area contributed by atoms with E-state index in [1.54, 1.807) is 27.7 Å². The average molecular weight is 1280 g/mol. The summed E-state index contributed by atoms with van der Waals surface area (Å²) in [6.45, 7) is 29.9. The smallest absolute Gasteiger partial charge is 0.308 e. The molecule has 89 heavy (non-hydrogen) atoms. The van der Waals surface area contributed by atoms with Crippen LogP contribution in [0.3, 0.4) is 0 Å². The highest BCUT2D eigenvalue weighted by Crippen LogP contribution is 2.43. The Morgan fingerprint density at radius 3 is 0.921 bits per heavy atom. The van der Waals surface area contributed by atoms with Crippen LogP contribution in [0.4, 0.5) is 0 Å². The molecule has 5 unspecified atom stereocenters. The lowest BCUT2D eigenvalue weighted by Crippen LogP contribution is -2.67. The molecule has 3 aliphatic heterocycles. The van der Waals surface area contributed by atoms with Crippen LogP contribution >= 0.6 is 0 Å². The topological polar surface area (TPSA) is 335 Å². The van der Waals surface area contributed by atoms with Crippen molar-refractivity contribution in [3.8, 4) is 0 Å². The first-order valence-corrected chi connectivity index (χ1v) is 30.7. The van der Waals surface area contributed by atoms with Crippen LogP contribution in [0.15, 0.2) is 0 Å². The van der Waals surface area contributed by atoms with E-state index in [1.807, 2.05) is 0 Å². The normalized spacial score (nSPS) is 27.1. The molecule has 0 aromatic rings. The van der Waals surface area contributed by atoms with Crippen LogP contribution in [0.25, 0.3) is 0 Å². The summed E-state index contributed by atoms with van der Waals surface area (Å²) < 4.78 is 99.2. The molecule has 0 aromatic heterocycles. The van der Waals surface area contributed by atoms with Crippen molar-refractivity contribution < 1.29 is 129 Å². The van der Waals surface area contributed by atoms with E-state index >= 15 is 0 Å². The van der Waals surface area contributed by atoms with Gasteiger partial charge in [0, 0.05) is 0 Å². The summed E-state index contributed by atoms with van der Waals surface area (Å²) in [5.41, 5.74) is 0. The van der Waals surface area contributed by atoms with Crippen LogP contribution in [0, 0.1) is 65.1 Å². The molecule has 27 heteroatoms. The van der Waals surface area contributed by atoms with E-state index in [1.165, 1.54) is 125 Å². The molecular weight excluding hydrogens is 1180 g/mol. The third-order valence-electron chi connectivity index (χ3n) is 13.8. The molecule has 3 heterocycles. The highest BCUT2D eigenvalue weighted by Gasteiger charge is 2.66. The Morgan fingerprint density at radius 2 is 0.562 bits per heavy atom. The molecule has 3 aliphatic rings. The van der Waals surface area contributed by atoms with E-state index in [4.69, 9.17) is 75.8 Å². The second-order valence-corrected chi connectivity index (χ2v) is 25.7. The minimum absolute atomic E-state index is 0.661. The fourth-order valence-corrected chi connectivity index (χ4v) is 8.10. The number of hydrogen-bond acceptors (Lipinski definition) is 27. The lowest BCUT2D eigenvalue weighted by atomic mass is 9.96. The minimum atomic E-state index is -2.75. The van der Waals surface area contributed by atoms with Gasteiger partial charge in [-0.3, -0.25) is 52.7 Å². The van der Waals surface area contributed by atoms with Gasteiger partial charge in [0.05, 0.1) is 71.7 Å². The Hall–Kier alpha value is -6.03. The molecule has 0 saturated carbocycles. The molecule has 0 amide bonds. The van der Waals surface area contributed by atoms with Crippen LogP contribution in [-0.2, 0) is 129 Å². The maximum atomic E-state index is 14.1. The molecule has 3 rings (SSSR count). The molecule has 14 atom stereocenters. The Labute approximate surface area is 522 Å². The third kappa shape index (κ3) is 21.8. The number of hydrogen-bond donors (Lipinski definition) is 0. The first kappa shape index (κ1) is 77.2. The van der Waals surface area contributed by atoms with Crippen molar-refractivity contribution in [2.75, 3.05) is 26.4 Å². The maximum absolute atomic E-state index is 14.1. The SMILES string of the molecule is CC(C)C(=O)OCC1O[C@H](OCC2O[C@@H](O[C@]3(COC(=O)C(C)C)O[C@H](COC(=O)C(C)C)[C@@H](OC(=O)C(C)C)[C@H]3OC(=O)C(C)C)C(OC(=O)C(C)C)C(OC(=O)C(C)C)[C@@H]2OC(=O)C(C)C)[C@@H](OC(=O)C(C)C)C(OC(=O)C(C)C)[C@H]1OC(=O)C(C)C. The Bertz CT molecular complexity index is 2430. The van der Waals surface area contributed by atoms with Gasteiger partial charge in [-0.2, -0.15) is 0 Å². The molecule has 27 nitrogen and oxygen atoms in total. The van der Waals surface area contributed by atoms with E-state index in [0.29, 0.717) is 0 Å². The maximum Gasteiger partial charge on any atom is 0.308 e. The molecule has 0 radical (unpaired) electrons. The van der Waals surface area contributed by atoms with Gasteiger partial charge in [-0.25, -0.2) is 0 Å². The van der Waals surface area contributed by atoms with E-state index in [-0.39, 0.29) is 0 Å². The van der Waals surface area contributed by atoms with Crippen molar-refractivity contribution >= 4 is 65.7 Å². The minimum Gasteiger partial charge on any atom is -0.463 e. The van der Waals surface area contributed by atoms with E-state index in [9.17, 15) is 52.7 Å². The molecule has 0 aromatic carbocycles. The zero-order valence-corrected chi connectivity index (χ0v) is 55.7. The summed E-state index contributed by atoms with van der Waals surface area (Å²) in [6.07, 6.45) is -24.1. The first-order valence-electron chi connectivity index (χ1n) is 30.7. The summed E-state index contributed by atoms with van der Waals surface area (Å²) in [4.78, 5) is 151. The summed E-state index contributed by atoms with van der Waals surface area (Å²) in [6, 6.07) is 0. The van der Waals surface area contributed by atoms with Gasteiger partial charge in [0.25, 0.3) is 0 Å². The molecule has 0 spiro atoms. The Balaban J connectivity index is 2.59. The van der Waals surface area contributed by atoms with Crippen LogP contribution in [-0.4, -0.2) is 178 Å². The molecule has 0 aliphatic carbocycles. The summed E-state index contributed by atoms with van der Waals surface area (Å²) in [5, 5.41) is 0. The molecular formula is C62H98O27. The number of ether oxygens (including phenoxy) is 16. The third-order valence-corrected chi connectivity index (χ3v) is 13.8. The van der Waals surface area contributed by atoms with Gasteiger partial charge in [-0.15, -0.1) is 0 Å². The quantitative estimate of drug-likeness (QED) is 0.0614. The molecule has 0 N–H and O–H groups in total. The summed E-state index contributed by atoms with van der Waals surface area (Å²) >= 11 is 0. The fourth-order valence-electron chi connectivity index (χ4n) is 8.10. The highest BCUT2D eigenvalue weighted by molar-refractivity contribution is 5.77. The van der Waals surface area contributed by atoms with Gasteiger partial charge in [0.15, 0.2) is 55.1 Å². The number of rotatable bonds is 30. The lowest BCUT2D eigenvalue weighted by Gasteiger charge is -2.48. The number of carbonyl (C=O) groups is 11. The van der Waals surface area contributed by atoms with Crippen molar-refractivity contribution in [2.45, 2.75) is 238 Å². The number of esters is 11. The largest absolute Gasteiger partial charge is 0.463 e. The van der Waals surface area contributed by atoms with Gasteiger partial charge in [-0.1, -0.05) is 152 Å². The molecule has 3 fully saturated rings. The Morgan fingerprint density at radius 1 is 0.292 bits per heavy atom. The van der Waals surface area contributed by atoms with E-state index in [2.05, 4.69) is 0 Å². The monoisotopic (exact) mass is 1270 g/mol.